The highest BCUT2D eigenvalue weighted by atomic mass is 19.1. The van der Waals surface area contributed by atoms with E-state index in [1.165, 1.54) is 12.1 Å². The van der Waals surface area contributed by atoms with Crippen LogP contribution in [0.1, 0.15) is 11.4 Å². The summed E-state index contributed by atoms with van der Waals surface area (Å²) in [5.41, 5.74) is 3.02. The minimum atomic E-state index is -0.298. The molecule has 102 valence electrons. The van der Waals surface area contributed by atoms with E-state index in [2.05, 4.69) is 11.1 Å². The van der Waals surface area contributed by atoms with Gasteiger partial charge in [-0.3, -0.25) is 0 Å². The topological polar surface area (TPSA) is 41.6 Å². The number of allylic oxidation sites excluding steroid dienone is 1. The van der Waals surface area contributed by atoms with Gasteiger partial charge in [0, 0.05) is 7.05 Å². The normalized spacial score (nSPS) is 11.6. The predicted molar refractivity (Wildman–Crippen MR) is 80.6 cm³/mol. The molecule has 0 aliphatic heterocycles. The van der Waals surface area contributed by atoms with Crippen LogP contribution >= 0.6 is 0 Å². The summed E-state index contributed by atoms with van der Waals surface area (Å²) in [6.07, 6.45) is 1.71. The van der Waals surface area contributed by atoms with Gasteiger partial charge in [0.25, 0.3) is 0 Å². The highest BCUT2D eigenvalue weighted by Crippen LogP contribution is 2.22. The summed E-state index contributed by atoms with van der Waals surface area (Å²) in [6.45, 7) is 0. The summed E-state index contributed by atoms with van der Waals surface area (Å²) in [5.74, 6) is 0.302. The Morgan fingerprint density at radius 2 is 1.90 bits per heavy atom. The highest BCUT2D eigenvalue weighted by Gasteiger charge is 2.11. The number of para-hydroxylation sites is 2. The molecule has 0 saturated carbocycles. The van der Waals surface area contributed by atoms with Crippen LogP contribution in [0, 0.1) is 17.1 Å². The monoisotopic (exact) mass is 277 g/mol. The van der Waals surface area contributed by atoms with Crippen LogP contribution in [0.4, 0.5) is 4.39 Å². The van der Waals surface area contributed by atoms with Crippen LogP contribution in [0.2, 0.25) is 0 Å². The molecule has 0 radical (unpaired) electrons. The van der Waals surface area contributed by atoms with Crippen molar-refractivity contribution in [2.75, 3.05) is 0 Å². The zero-order valence-corrected chi connectivity index (χ0v) is 11.4. The number of aryl methyl sites for hydroxylation is 1. The SMILES string of the molecule is Cn1c(/C(C#N)=C/c2ccc(F)cc2)nc2ccccc21. The van der Waals surface area contributed by atoms with Crippen molar-refractivity contribution in [1.29, 1.82) is 5.26 Å². The van der Waals surface area contributed by atoms with E-state index in [0.29, 0.717) is 11.4 Å². The maximum Gasteiger partial charge on any atom is 0.151 e. The van der Waals surface area contributed by atoms with Crippen LogP contribution in [-0.4, -0.2) is 9.55 Å². The number of nitriles is 1. The predicted octanol–water partition coefficient (Wildman–Crippen LogP) is 3.78. The van der Waals surface area contributed by atoms with Crippen molar-refractivity contribution >= 4 is 22.7 Å². The molecule has 1 heterocycles. The van der Waals surface area contributed by atoms with Crippen molar-refractivity contribution in [1.82, 2.24) is 9.55 Å². The third-order valence-electron chi connectivity index (χ3n) is 3.33. The zero-order valence-electron chi connectivity index (χ0n) is 11.4. The molecule has 0 amide bonds. The number of nitrogens with zero attached hydrogens (tertiary/aromatic N) is 3. The summed E-state index contributed by atoms with van der Waals surface area (Å²) >= 11 is 0. The molecule has 1 aromatic heterocycles. The van der Waals surface area contributed by atoms with Gasteiger partial charge in [0.1, 0.15) is 11.9 Å². The van der Waals surface area contributed by atoms with Gasteiger partial charge in [-0.1, -0.05) is 24.3 Å². The summed E-state index contributed by atoms with van der Waals surface area (Å²) in [6, 6.07) is 15.9. The summed E-state index contributed by atoms with van der Waals surface area (Å²) < 4.78 is 14.8. The number of rotatable bonds is 2. The number of aromatic nitrogens is 2. The molecule has 0 unspecified atom stereocenters. The molecule has 3 nitrogen and oxygen atoms in total. The number of hydrogen-bond donors (Lipinski definition) is 0. The van der Waals surface area contributed by atoms with E-state index in [9.17, 15) is 9.65 Å². The second-order valence-electron chi connectivity index (χ2n) is 4.70. The second-order valence-corrected chi connectivity index (χ2v) is 4.70. The number of halogens is 1. The van der Waals surface area contributed by atoms with Crippen LogP contribution in [0.5, 0.6) is 0 Å². The van der Waals surface area contributed by atoms with Gasteiger partial charge in [0.05, 0.1) is 16.6 Å². The minimum Gasteiger partial charge on any atom is -0.327 e. The quantitative estimate of drug-likeness (QED) is 0.669. The van der Waals surface area contributed by atoms with E-state index < -0.39 is 0 Å². The lowest BCUT2D eigenvalue weighted by Gasteiger charge is -2.01. The van der Waals surface area contributed by atoms with E-state index in [1.807, 2.05) is 35.9 Å². The Kier molecular flexibility index (Phi) is 3.25. The van der Waals surface area contributed by atoms with E-state index in [-0.39, 0.29) is 5.82 Å². The molecular weight excluding hydrogens is 265 g/mol. The fraction of sp³-hybridized carbons (Fsp3) is 0.0588. The zero-order chi connectivity index (χ0) is 14.8. The Morgan fingerprint density at radius 3 is 2.57 bits per heavy atom. The van der Waals surface area contributed by atoms with E-state index in [4.69, 9.17) is 0 Å². The van der Waals surface area contributed by atoms with Gasteiger partial charge in [-0.05, 0) is 35.9 Å². The Bertz CT molecular complexity index is 867. The van der Waals surface area contributed by atoms with Crippen molar-refractivity contribution in [3.63, 3.8) is 0 Å². The van der Waals surface area contributed by atoms with Gasteiger partial charge in [0.2, 0.25) is 0 Å². The lowest BCUT2D eigenvalue weighted by atomic mass is 10.1. The second kappa shape index (κ2) is 5.22. The molecule has 0 saturated heterocycles. The van der Waals surface area contributed by atoms with Crippen LogP contribution in [-0.2, 0) is 7.05 Å². The Morgan fingerprint density at radius 1 is 1.19 bits per heavy atom. The standard InChI is InChI=1S/C17H12FN3/c1-21-16-5-3-2-4-15(16)20-17(21)13(11-19)10-12-6-8-14(18)9-7-12/h2-10H,1H3/b13-10+. The Balaban J connectivity index is 2.12. The lowest BCUT2D eigenvalue weighted by molar-refractivity contribution is 0.628. The van der Waals surface area contributed by atoms with Crippen molar-refractivity contribution < 1.29 is 4.39 Å². The first-order valence-electron chi connectivity index (χ1n) is 6.48. The third-order valence-corrected chi connectivity index (χ3v) is 3.33. The first-order valence-corrected chi connectivity index (χ1v) is 6.48. The number of fused-ring (bicyclic) bond motifs is 1. The van der Waals surface area contributed by atoms with E-state index >= 15 is 0 Å². The van der Waals surface area contributed by atoms with Gasteiger partial charge in [-0.25, -0.2) is 9.37 Å². The summed E-state index contributed by atoms with van der Waals surface area (Å²) in [7, 11) is 1.88. The molecule has 0 N–H and O–H groups in total. The minimum absolute atomic E-state index is 0.298. The van der Waals surface area contributed by atoms with Crippen molar-refractivity contribution in [2.24, 2.45) is 7.05 Å². The molecule has 4 heteroatoms. The van der Waals surface area contributed by atoms with Crippen LogP contribution in [0.15, 0.2) is 48.5 Å². The van der Waals surface area contributed by atoms with Crippen LogP contribution < -0.4 is 0 Å². The third kappa shape index (κ3) is 2.41. The Hall–Kier alpha value is -2.93. The first kappa shape index (κ1) is 13.1. The van der Waals surface area contributed by atoms with Crippen LogP contribution in [0.3, 0.4) is 0 Å². The maximum atomic E-state index is 12.9. The molecule has 0 aliphatic carbocycles. The van der Waals surface area contributed by atoms with Crippen molar-refractivity contribution in [3.05, 3.63) is 65.7 Å². The van der Waals surface area contributed by atoms with Gasteiger partial charge < -0.3 is 4.57 Å². The van der Waals surface area contributed by atoms with Crippen molar-refractivity contribution in [2.45, 2.75) is 0 Å². The van der Waals surface area contributed by atoms with Crippen molar-refractivity contribution in [3.8, 4) is 6.07 Å². The summed E-state index contributed by atoms with van der Waals surface area (Å²) in [4.78, 5) is 4.50. The molecule has 0 atom stereocenters. The molecule has 21 heavy (non-hydrogen) atoms. The Labute approximate surface area is 121 Å². The van der Waals surface area contributed by atoms with Gasteiger partial charge >= 0.3 is 0 Å². The number of hydrogen-bond acceptors (Lipinski definition) is 2. The van der Waals surface area contributed by atoms with E-state index in [0.717, 1.165) is 16.6 Å². The molecule has 0 spiro atoms. The molecule has 0 bridgehead atoms. The largest absolute Gasteiger partial charge is 0.327 e. The maximum absolute atomic E-state index is 12.9. The van der Waals surface area contributed by atoms with Crippen LogP contribution in [0.25, 0.3) is 22.7 Å². The molecule has 2 aromatic carbocycles. The number of benzene rings is 2. The molecule has 3 rings (SSSR count). The van der Waals surface area contributed by atoms with E-state index in [1.54, 1.807) is 18.2 Å². The smallest absolute Gasteiger partial charge is 0.151 e. The van der Waals surface area contributed by atoms with Gasteiger partial charge in [0.15, 0.2) is 5.82 Å². The van der Waals surface area contributed by atoms with Gasteiger partial charge in [-0.15, -0.1) is 0 Å². The molecule has 0 fully saturated rings. The molecule has 3 aromatic rings. The molecular formula is C17H12FN3. The van der Waals surface area contributed by atoms with Gasteiger partial charge in [-0.2, -0.15) is 5.26 Å². The lowest BCUT2D eigenvalue weighted by Crippen LogP contribution is -1.96. The average molecular weight is 277 g/mol. The first-order chi connectivity index (χ1) is 10.2. The fourth-order valence-corrected chi connectivity index (χ4v) is 2.26. The highest BCUT2D eigenvalue weighted by molar-refractivity contribution is 5.90. The number of imidazole rings is 1. The molecule has 0 aliphatic rings. The average Bonchev–Trinajstić information content (AvgIpc) is 2.84. The summed E-state index contributed by atoms with van der Waals surface area (Å²) in [5, 5.41) is 9.40. The fourth-order valence-electron chi connectivity index (χ4n) is 2.26.